The van der Waals surface area contributed by atoms with E-state index in [2.05, 4.69) is 16.4 Å². The molecule has 0 saturated heterocycles. The number of nitriles is 2. The van der Waals surface area contributed by atoms with E-state index in [9.17, 15) is 16.8 Å². The molecule has 10 heteroatoms. The van der Waals surface area contributed by atoms with Gasteiger partial charge < -0.3 is 0 Å². The molecule has 8 nitrogen and oxygen atoms in total. The van der Waals surface area contributed by atoms with Crippen molar-refractivity contribution in [3.63, 3.8) is 0 Å². The molecule has 0 rings (SSSR count). The van der Waals surface area contributed by atoms with Crippen molar-refractivity contribution in [1.29, 1.82) is 10.5 Å². The van der Waals surface area contributed by atoms with Crippen LogP contribution in [0.5, 0.6) is 0 Å². The van der Waals surface area contributed by atoms with E-state index in [1.165, 1.54) is 0 Å². The molecule has 0 aromatic carbocycles. The van der Waals surface area contributed by atoms with Crippen molar-refractivity contribution in [3.8, 4) is 12.1 Å². The van der Waals surface area contributed by atoms with Crippen molar-refractivity contribution in [2.75, 3.05) is 13.1 Å². The molecule has 0 aromatic heterocycles. The summed E-state index contributed by atoms with van der Waals surface area (Å²) in [6, 6.07) is 3.83. The van der Waals surface area contributed by atoms with Crippen molar-refractivity contribution < 1.29 is 16.8 Å². The number of hydrogen-bond acceptors (Lipinski definition) is 6. The molecule has 0 aliphatic rings. The summed E-state index contributed by atoms with van der Waals surface area (Å²) in [5.74, 6) is 0. The van der Waals surface area contributed by atoms with Gasteiger partial charge in [-0.3, -0.25) is 0 Å². The third-order valence-electron chi connectivity index (χ3n) is 3.77. The molecular formula is C16H30N4O4S2. The maximum Gasteiger partial charge on any atom is 0.230 e. The largest absolute Gasteiger partial charge is 0.230 e. The minimum absolute atomic E-state index is 0.0187. The summed E-state index contributed by atoms with van der Waals surface area (Å²) in [5.41, 5.74) is 0. The Hall–Kier alpha value is -1.20. The SMILES string of the molecule is CCCCCCCC(S(=O)(=O)NCCCC#N)S(=O)(=O)NCCCC#N. The number of sulfonamides is 2. The zero-order valence-corrected chi connectivity index (χ0v) is 17.0. The number of nitrogens with one attached hydrogen (secondary N) is 2. The maximum atomic E-state index is 12.5. The molecule has 0 amide bonds. The molecule has 0 fully saturated rings. The fraction of sp³-hybridized carbons (Fsp3) is 0.875. The summed E-state index contributed by atoms with van der Waals surface area (Å²) in [7, 11) is -8.14. The van der Waals surface area contributed by atoms with Gasteiger partial charge in [-0.2, -0.15) is 10.5 Å². The number of rotatable bonds is 16. The molecule has 0 saturated carbocycles. The van der Waals surface area contributed by atoms with Gasteiger partial charge in [0.05, 0.1) is 12.1 Å². The summed E-state index contributed by atoms with van der Waals surface area (Å²) in [4.78, 5) is 0. The lowest BCUT2D eigenvalue weighted by molar-refractivity contribution is 0.540. The van der Waals surface area contributed by atoms with Crippen LogP contribution in [-0.4, -0.2) is 34.5 Å². The first kappa shape index (κ1) is 24.8. The third-order valence-corrected chi connectivity index (χ3v) is 8.36. The number of nitrogens with zero attached hydrogens (tertiary/aromatic N) is 2. The van der Waals surface area contributed by atoms with Crippen molar-refractivity contribution in [3.05, 3.63) is 0 Å². The Morgan fingerprint density at radius 3 is 1.65 bits per heavy atom. The molecule has 0 aliphatic carbocycles. The molecule has 0 heterocycles. The Bertz CT molecular complexity index is 611. The second-order valence-corrected chi connectivity index (χ2v) is 10.2. The molecule has 2 N–H and O–H groups in total. The summed E-state index contributed by atoms with van der Waals surface area (Å²) in [6.45, 7) is 2.13. The Morgan fingerprint density at radius 1 is 0.769 bits per heavy atom. The first-order chi connectivity index (χ1) is 12.3. The van der Waals surface area contributed by atoms with Crippen LogP contribution in [0.25, 0.3) is 0 Å². The van der Waals surface area contributed by atoms with E-state index in [1.54, 1.807) is 0 Å². The van der Waals surface area contributed by atoms with Gasteiger partial charge in [0.15, 0.2) is 4.58 Å². The molecule has 0 radical (unpaired) electrons. The topological polar surface area (TPSA) is 140 Å². The van der Waals surface area contributed by atoms with E-state index in [-0.39, 0.29) is 32.4 Å². The molecule has 150 valence electrons. The highest BCUT2D eigenvalue weighted by molar-refractivity contribution is 8.07. The monoisotopic (exact) mass is 406 g/mol. The van der Waals surface area contributed by atoms with Gasteiger partial charge in [-0.15, -0.1) is 0 Å². The van der Waals surface area contributed by atoms with Crippen LogP contribution in [0.1, 0.15) is 71.1 Å². The normalized spacial score (nSPS) is 12.0. The molecule has 0 aromatic rings. The molecule has 0 bridgehead atoms. The Labute approximate surface area is 158 Å². The van der Waals surface area contributed by atoms with Crippen LogP contribution in [0.4, 0.5) is 0 Å². The number of hydrogen-bond donors (Lipinski definition) is 2. The van der Waals surface area contributed by atoms with E-state index in [0.717, 1.165) is 25.7 Å². The van der Waals surface area contributed by atoms with Gasteiger partial charge in [-0.25, -0.2) is 26.3 Å². The average molecular weight is 407 g/mol. The summed E-state index contributed by atoms with van der Waals surface area (Å²) in [5, 5.41) is 17.0. The van der Waals surface area contributed by atoms with Crippen molar-refractivity contribution in [2.24, 2.45) is 0 Å². The Kier molecular flexibility index (Phi) is 13.3. The predicted molar refractivity (Wildman–Crippen MR) is 101 cm³/mol. The second-order valence-electron chi connectivity index (χ2n) is 6.03. The first-order valence-corrected chi connectivity index (χ1v) is 12.1. The van der Waals surface area contributed by atoms with E-state index < -0.39 is 24.6 Å². The minimum atomic E-state index is -4.07. The summed E-state index contributed by atoms with van der Waals surface area (Å²) in [6.07, 6.45) is 5.36. The zero-order valence-electron chi connectivity index (χ0n) is 15.4. The average Bonchev–Trinajstić information content (AvgIpc) is 2.58. The lowest BCUT2D eigenvalue weighted by atomic mass is 10.1. The molecule has 0 unspecified atom stereocenters. The van der Waals surface area contributed by atoms with Gasteiger partial charge in [0.1, 0.15) is 0 Å². The van der Waals surface area contributed by atoms with Gasteiger partial charge >= 0.3 is 0 Å². The number of unbranched alkanes of at least 4 members (excludes halogenated alkanes) is 6. The van der Waals surface area contributed by atoms with Gasteiger partial charge in [0.25, 0.3) is 0 Å². The zero-order chi connectivity index (χ0) is 19.9. The van der Waals surface area contributed by atoms with Crippen molar-refractivity contribution in [1.82, 2.24) is 9.44 Å². The highest BCUT2D eigenvalue weighted by atomic mass is 32.3. The third kappa shape index (κ3) is 10.7. The fourth-order valence-electron chi connectivity index (χ4n) is 2.34. The highest BCUT2D eigenvalue weighted by Gasteiger charge is 2.36. The van der Waals surface area contributed by atoms with Crippen LogP contribution >= 0.6 is 0 Å². The molecular weight excluding hydrogens is 376 g/mol. The van der Waals surface area contributed by atoms with Crippen LogP contribution in [-0.2, 0) is 20.0 Å². The van der Waals surface area contributed by atoms with Crippen LogP contribution in [0.3, 0.4) is 0 Å². The first-order valence-electron chi connectivity index (χ1n) is 9.02. The van der Waals surface area contributed by atoms with Gasteiger partial charge in [-0.05, 0) is 19.3 Å². The predicted octanol–water partition coefficient (Wildman–Crippen LogP) is 2.12. The lowest BCUT2D eigenvalue weighted by Gasteiger charge is -2.19. The smallest absolute Gasteiger partial charge is 0.214 e. The molecule has 0 aliphatic heterocycles. The van der Waals surface area contributed by atoms with Gasteiger partial charge in [0.2, 0.25) is 20.0 Å². The van der Waals surface area contributed by atoms with Crippen LogP contribution in [0, 0.1) is 22.7 Å². The second kappa shape index (κ2) is 13.9. The molecule has 0 spiro atoms. The van der Waals surface area contributed by atoms with Gasteiger partial charge in [-0.1, -0.05) is 39.0 Å². The van der Waals surface area contributed by atoms with Gasteiger partial charge in [0, 0.05) is 25.9 Å². The molecule has 0 atom stereocenters. The van der Waals surface area contributed by atoms with E-state index in [1.807, 2.05) is 12.1 Å². The van der Waals surface area contributed by atoms with E-state index >= 15 is 0 Å². The van der Waals surface area contributed by atoms with E-state index in [0.29, 0.717) is 19.3 Å². The molecule has 26 heavy (non-hydrogen) atoms. The Balaban J connectivity index is 4.96. The standard InChI is InChI=1S/C16H30N4O4S2/c1-2-3-4-5-6-11-16(25(21,22)19-14-9-7-12-17)26(23,24)20-15-10-8-13-18/h16,19-20H,2-11,14-15H2,1H3. The maximum absolute atomic E-state index is 12.5. The minimum Gasteiger partial charge on any atom is -0.214 e. The van der Waals surface area contributed by atoms with Crippen LogP contribution < -0.4 is 9.44 Å². The van der Waals surface area contributed by atoms with Crippen LogP contribution in [0.15, 0.2) is 0 Å². The fourth-order valence-corrected chi connectivity index (χ4v) is 6.27. The lowest BCUT2D eigenvalue weighted by Crippen LogP contribution is -2.45. The van der Waals surface area contributed by atoms with Crippen molar-refractivity contribution in [2.45, 2.75) is 75.7 Å². The van der Waals surface area contributed by atoms with Crippen molar-refractivity contribution >= 4 is 20.0 Å². The highest BCUT2D eigenvalue weighted by Crippen LogP contribution is 2.17. The van der Waals surface area contributed by atoms with E-state index in [4.69, 9.17) is 10.5 Å². The Morgan fingerprint density at radius 2 is 1.23 bits per heavy atom. The summed E-state index contributed by atoms with van der Waals surface area (Å²) < 4.78 is 53.0. The quantitative estimate of drug-likeness (QED) is 0.376. The van der Waals surface area contributed by atoms with Crippen LogP contribution in [0.2, 0.25) is 0 Å². The summed E-state index contributed by atoms with van der Waals surface area (Å²) >= 11 is 0.